The summed E-state index contributed by atoms with van der Waals surface area (Å²) in [5.41, 5.74) is 1.13. The zero-order valence-electron chi connectivity index (χ0n) is 15.5. The fourth-order valence-corrected chi connectivity index (χ4v) is 3.30. The Morgan fingerprint density at radius 1 is 1.15 bits per heavy atom. The third kappa shape index (κ3) is 5.07. The molecule has 1 aromatic heterocycles. The van der Waals surface area contributed by atoms with E-state index in [0.717, 1.165) is 37.9 Å². The monoisotopic (exact) mass is 356 g/mol. The van der Waals surface area contributed by atoms with Gasteiger partial charge in [-0.05, 0) is 24.8 Å². The zero-order chi connectivity index (χ0) is 18.2. The van der Waals surface area contributed by atoms with Crippen molar-refractivity contribution in [1.29, 1.82) is 0 Å². The molecule has 1 unspecified atom stereocenters. The first-order chi connectivity index (χ1) is 12.8. The van der Waals surface area contributed by atoms with Gasteiger partial charge in [0.25, 0.3) is 0 Å². The number of nitrogens with zero attached hydrogens (tertiary/aromatic N) is 3. The van der Waals surface area contributed by atoms with E-state index in [1.165, 1.54) is 12.8 Å². The first-order valence-electron chi connectivity index (χ1n) is 9.68. The van der Waals surface area contributed by atoms with E-state index >= 15 is 0 Å². The summed E-state index contributed by atoms with van der Waals surface area (Å²) in [4.78, 5) is 14.3. The van der Waals surface area contributed by atoms with Crippen molar-refractivity contribution in [3.8, 4) is 0 Å². The highest BCUT2D eigenvalue weighted by molar-refractivity contribution is 5.76. The van der Waals surface area contributed by atoms with Gasteiger partial charge in [0, 0.05) is 25.9 Å². The largest absolute Gasteiger partial charge is 0.406 e. The maximum absolute atomic E-state index is 12.2. The Bertz CT molecular complexity index is 678. The van der Waals surface area contributed by atoms with Crippen LogP contribution in [0.3, 0.4) is 0 Å². The fourth-order valence-electron chi connectivity index (χ4n) is 3.30. The molecule has 1 atom stereocenters. The third-order valence-electron chi connectivity index (χ3n) is 4.70. The molecule has 6 nitrogen and oxygen atoms in total. The molecule has 1 amide bonds. The third-order valence-corrected chi connectivity index (χ3v) is 4.70. The van der Waals surface area contributed by atoms with Gasteiger partial charge in [-0.25, -0.2) is 0 Å². The second-order valence-electron chi connectivity index (χ2n) is 6.88. The summed E-state index contributed by atoms with van der Waals surface area (Å²) in [5.74, 6) is 0.500. The van der Waals surface area contributed by atoms with Gasteiger partial charge in [0.1, 0.15) is 6.04 Å². The molecular formula is C20H28N4O2. The quantitative estimate of drug-likeness (QED) is 0.820. The van der Waals surface area contributed by atoms with Gasteiger partial charge in [-0.2, -0.15) is 0 Å². The van der Waals surface area contributed by atoms with Gasteiger partial charge in [0.15, 0.2) is 0 Å². The van der Waals surface area contributed by atoms with Crippen molar-refractivity contribution < 1.29 is 9.21 Å². The Kier molecular flexibility index (Phi) is 6.63. The first kappa shape index (κ1) is 18.4. The summed E-state index contributed by atoms with van der Waals surface area (Å²) in [6.45, 7) is 3.90. The maximum Gasteiger partial charge on any atom is 0.318 e. The van der Waals surface area contributed by atoms with E-state index in [1.807, 2.05) is 37.3 Å². The van der Waals surface area contributed by atoms with Crippen molar-refractivity contribution in [3.63, 3.8) is 0 Å². The van der Waals surface area contributed by atoms with Crippen LogP contribution in [0.5, 0.6) is 0 Å². The summed E-state index contributed by atoms with van der Waals surface area (Å²) < 4.78 is 5.98. The van der Waals surface area contributed by atoms with E-state index in [1.54, 1.807) is 0 Å². The molecule has 3 rings (SSSR count). The van der Waals surface area contributed by atoms with E-state index in [2.05, 4.69) is 20.4 Å². The molecule has 0 bridgehead atoms. The van der Waals surface area contributed by atoms with E-state index in [-0.39, 0.29) is 11.9 Å². The summed E-state index contributed by atoms with van der Waals surface area (Å²) >= 11 is 0. The van der Waals surface area contributed by atoms with E-state index in [9.17, 15) is 4.79 Å². The van der Waals surface area contributed by atoms with Crippen LogP contribution < -0.4 is 10.2 Å². The van der Waals surface area contributed by atoms with Gasteiger partial charge in [-0.1, -0.05) is 55.2 Å². The van der Waals surface area contributed by atoms with Crippen molar-refractivity contribution >= 4 is 11.9 Å². The topological polar surface area (TPSA) is 71.3 Å². The Hall–Kier alpha value is -2.37. The predicted molar refractivity (Wildman–Crippen MR) is 101 cm³/mol. The smallest absolute Gasteiger partial charge is 0.318 e. The number of nitrogens with one attached hydrogen (secondary N) is 1. The van der Waals surface area contributed by atoms with E-state index < -0.39 is 0 Å². The molecule has 0 aliphatic carbocycles. The van der Waals surface area contributed by atoms with E-state index in [4.69, 9.17) is 4.42 Å². The van der Waals surface area contributed by atoms with Gasteiger partial charge in [-0.15, -0.1) is 5.10 Å². The number of carbonyl (C=O) groups is 1. The molecule has 1 fully saturated rings. The maximum atomic E-state index is 12.2. The van der Waals surface area contributed by atoms with Crippen LogP contribution in [0.1, 0.15) is 62.9 Å². The van der Waals surface area contributed by atoms with Crippen molar-refractivity contribution in [2.24, 2.45) is 0 Å². The Labute approximate surface area is 155 Å². The van der Waals surface area contributed by atoms with Gasteiger partial charge in [0.2, 0.25) is 11.8 Å². The lowest BCUT2D eigenvalue weighted by Gasteiger charge is -2.18. The molecule has 1 saturated heterocycles. The van der Waals surface area contributed by atoms with Crippen LogP contribution in [0.15, 0.2) is 34.7 Å². The highest BCUT2D eigenvalue weighted by Crippen LogP contribution is 2.23. The number of hydrogen-bond donors (Lipinski definition) is 1. The number of carbonyl (C=O) groups excluding carboxylic acids is 1. The van der Waals surface area contributed by atoms with Crippen molar-refractivity contribution in [2.45, 2.75) is 57.9 Å². The van der Waals surface area contributed by atoms with Gasteiger partial charge in [0.05, 0.1) is 0 Å². The number of rotatable bonds is 7. The number of amides is 1. The van der Waals surface area contributed by atoms with Gasteiger partial charge >= 0.3 is 6.01 Å². The standard InChI is InChI=1S/C20H28N4O2/c1-2-10-18(25)21-17(15-16-11-6-5-7-12-16)19-22-23-20(26-19)24-13-8-3-4-9-14-24/h5-7,11-12,17H,2-4,8-10,13-15H2,1H3,(H,21,25). The summed E-state index contributed by atoms with van der Waals surface area (Å²) in [7, 11) is 0. The molecule has 1 N–H and O–H groups in total. The molecule has 140 valence electrons. The van der Waals surface area contributed by atoms with Crippen LogP contribution in [-0.2, 0) is 11.2 Å². The lowest BCUT2D eigenvalue weighted by molar-refractivity contribution is -0.122. The summed E-state index contributed by atoms with van der Waals surface area (Å²) in [6.07, 6.45) is 6.75. The second kappa shape index (κ2) is 9.36. The van der Waals surface area contributed by atoms with Crippen LogP contribution in [0.25, 0.3) is 0 Å². The zero-order valence-corrected chi connectivity index (χ0v) is 15.5. The molecule has 0 saturated carbocycles. The molecule has 0 spiro atoms. The lowest BCUT2D eigenvalue weighted by Crippen LogP contribution is -2.30. The second-order valence-corrected chi connectivity index (χ2v) is 6.88. The minimum absolute atomic E-state index is 0.0166. The number of aromatic nitrogens is 2. The molecule has 1 aliphatic rings. The molecule has 6 heteroatoms. The predicted octanol–water partition coefficient (Wildman–Crippen LogP) is 3.65. The summed E-state index contributed by atoms with van der Waals surface area (Å²) in [5, 5.41) is 11.6. The highest BCUT2D eigenvalue weighted by atomic mass is 16.4. The Morgan fingerprint density at radius 2 is 1.88 bits per heavy atom. The molecule has 0 radical (unpaired) electrons. The minimum atomic E-state index is -0.301. The number of anilines is 1. The Balaban J connectivity index is 1.75. The van der Waals surface area contributed by atoms with Crippen LogP contribution in [-0.4, -0.2) is 29.2 Å². The number of benzene rings is 1. The highest BCUT2D eigenvalue weighted by Gasteiger charge is 2.23. The molecular weight excluding hydrogens is 328 g/mol. The van der Waals surface area contributed by atoms with Crippen molar-refractivity contribution in [2.75, 3.05) is 18.0 Å². The van der Waals surface area contributed by atoms with Crippen LogP contribution >= 0.6 is 0 Å². The average molecular weight is 356 g/mol. The average Bonchev–Trinajstić information content (AvgIpc) is 2.98. The van der Waals surface area contributed by atoms with Gasteiger partial charge in [-0.3, -0.25) is 4.79 Å². The van der Waals surface area contributed by atoms with Crippen LogP contribution in [0, 0.1) is 0 Å². The van der Waals surface area contributed by atoms with Crippen molar-refractivity contribution in [3.05, 3.63) is 41.8 Å². The molecule has 1 aliphatic heterocycles. The molecule has 2 heterocycles. The Morgan fingerprint density at radius 3 is 2.58 bits per heavy atom. The summed E-state index contributed by atoms with van der Waals surface area (Å²) in [6, 6.07) is 10.3. The molecule has 1 aromatic carbocycles. The number of hydrogen-bond acceptors (Lipinski definition) is 5. The van der Waals surface area contributed by atoms with Crippen LogP contribution in [0.2, 0.25) is 0 Å². The minimum Gasteiger partial charge on any atom is -0.406 e. The molecule has 26 heavy (non-hydrogen) atoms. The normalized spacial score (nSPS) is 16.1. The van der Waals surface area contributed by atoms with Gasteiger partial charge < -0.3 is 14.6 Å². The SMILES string of the molecule is CCCC(=O)NC(Cc1ccccc1)c1nnc(N2CCCCCC2)o1. The van der Waals surface area contributed by atoms with E-state index in [0.29, 0.717) is 24.7 Å². The lowest BCUT2D eigenvalue weighted by atomic mass is 10.1. The first-order valence-corrected chi connectivity index (χ1v) is 9.68. The van der Waals surface area contributed by atoms with Crippen LogP contribution in [0.4, 0.5) is 6.01 Å². The fraction of sp³-hybridized carbons (Fsp3) is 0.550. The molecule has 2 aromatic rings. The van der Waals surface area contributed by atoms with Crippen molar-refractivity contribution in [1.82, 2.24) is 15.5 Å².